The molecule has 0 atom stereocenters. The van der Waals surface area contributed by atoms with Crippen LogP contribution in [0, 0.1) is 6.92 Å². The van der Waals surface area contributed by atoms with Crippen LogP contribution in [-0.4, -0.2) is 75.5 Å². The van der Waals surface area contributed by atoms with Crippen LogP contribution in [0.5, 0.6) is 5.75 Å². The molecule has 1 aromatic carbocycles. The number of hydrogen-bond donors (Lipinski definition) is 0. The number of sulfone groups is 1. The van der Waals surface area contributed by atoms with Crippen LogP contribution in [-0.2, 0) is 14.6 Å². The molecule has 1 aromatic rings. The zero-order chi connectivity index (χ0) is 19.2. The standard InChI is InChI=1S/C18H27ClN2O4S/c1-15-14-16(5-6-17(15)19)25-12-3-4-18(22)21-9-7-20(8-10-21)11-13-26(2,23)24/h5-6,14H,3-4,7-13H2,1-2H3. The second-order valence-electron chi connectivity index (χ2n) is 6.72. The van der Waals surface area contributed by atoms with Crippen LogP contribution < -0.4 is 4.74 Å². The minimum absolute atomic E-state index is 0.128. The van der Waals surface area contributed by atoms with Gasteiger partial charge < -0.3 is 9.64 Å². The van der Waals surface area contributed by atoms with Crippen LogP contribution in [0.25, 0.3) is 0 Å². The summed E-state index contributed by atoms with van der Waals surface area (Å²) in [6.45, 7) is 5.70. The van der Waals surface area contributed by atoms with E-state index in [1.165, 1.54) is 6.26 Å². The van der Waals surface area contributed by atoms with Crippen molar-refractivity contribution in [1.29, 1.82) is 0 Å². The molecule has 0 saturated carbocycles. The molecule has 1 heterocycles. The fraction of sp³-hybridized carbons (Fsp3) is 0.611. The summed E-state index contributed by atoms with van der Waals surface area (Å²) in [5.74, 6) is 1.06. The van der Waals surface area contributed by atoms with Gasteiger partial charge in [-0.05, 0) is 37.1 Å². The second kappa shape index (κ2) is 9.58. The smallest absolute Gasteiger partial charge is 0.222 e. The van der Waals surface area contributed by atoms with Gasteiger partial charge in [-0.25, -0.2) is 8.42 Å². The van der Waals surface area contributed by atoms with E-state index < -0.39 is 9.84 Å². The monoisotopic (exact) mass is 402 g/mol. The van der Waals surface area contributed by atoms with E-state index in [4.69, 9.17) is 16.3 Å². The van der Waals surface area contributed by atoms with Crippen molar-refractivity contribution in [3.05, 3.63) is 28.8 Å². The maximum atomic E-state index is 12.3. The van der Waals surface area contributed by atoms with Gasteiger partial charge in [-0.1, -0.05) is 11.6 Å². The Balaban J connectivity index is 1.63. The summed E-state index contributed by atoms with van der Waals surface area (Å²) in [6, 6.07) is 5.52. The third-order valence-corrected chi connectivity index (χ3v) is 5.78. The van der Waals surface area contributed by atoms with Crippen LogP contribution in [0.1, 0.15) is 18.4 Å². The van der Waals surface area contributed by atoms with Gasteiger partial charge in [0.05, 0.1) is 12.4 Å². The summed E-state index contributed by atoms with van der Waals surface area (Å²) >= 11 is 5.98. The number of carbonyl (C=O) groups is 1. The molecule has 1 amide bonds. The van der Waals surface area contributed by atoms with Crippen molar-refractivity contribution < 1.29 is 17.9 Å². The highest BCUT2D eigenvalue weighted by atomic mass is 35.5. The Morgan fingerprint density at radius 2 is 1.92 bits per heavy atom. The third kappa shape index (κ3) is 7.13. The minimum Gasteiger partial charge on any atom is -0.494 e. The first-order valence-corrected chi connectivity index (χ1v) is 11.3. The molecular weight excluding hydrogens is 376 g/mol. The Labute approximate surface area is 161 Å². The lowest BCUT2D eigenvalue weighted by atomic mass is 10.2. The van der Waals surface area contributed by atoms with Gasteiger partial charge in [-0.15, -0.1) is 0 Å². The van der Waals surface area contributed by atoms with Gasteiger partial charge in [0.2, 0.25) is 5.91 Å². The van der Waals surface area contributed by atoms with Crippen molar-refractivity contribution in [1.82, 2.24) is 9.80 Å². The van der Waals surface area contributed by atoms with Crippen molar-refractivity contribution in [2.45, 2.75) is 19.8 Å². The maximum Gasteiger partial charge on any atom is 0.222 e. The number of hydrogen-bond acceptors (Lipinski definition) is 5. The Bertz CT molecular complexity index is 716. The van der Waals surface area contributed by atoms with Gasteiger partial charge >= 0.3 is 0 Å². The predicted octanol–water partition coefficient (Wildman–Crippen LogP) is 2.00. The maximum absolute atomic E-state index is 12.3. The number of amides is 1. The highest BCUT2D eigenvalue weighted by Gasteiger charge is 2.21. The molecule has 0 spiro atoms. The van der Waals surface area contributed by atoms with E-state index >= 15 is 0 Å². The number of carbonyl (C=O) groups excluding carboxylic acids is 1. The van der Waals surface area contributed by atoms with Crippen molar-refractivity contribution in [3.63, 3.8) is 0 Å². The molecule has 0 radical (unpaired) electrons. The summed E-state index contributed by atoms with van der Waals surface area (Å²) in [5, 5.41) is 0.711. The molecule has 1 saturated heterocycles. The number of halogens is 1. The first-order chi connectivity index (χ1) is 12.2. The molecule has 1 aliphatic rings. The van der Waals surface area contributed by atoms with Crippen molar-refractivity contribution in [2.75, 3.05) is 51.3 Å². The second-order valence-corrected chi connectivity index (χ2v) is 9.38. The van der Waals surface area contributed by atoms with Gasteiger partial charge in [0, 0.05) is 50.4 Å². The number of piperazine rings is 1. The molecule has 146 valence electrons. The fourth-order valence-electron chi connectivity index (χ4n) is 2.79. The largest absolute Gasteiger partial charge is 0.494 e. The van der Waals surface area contributed by atoms with Crippen LogP contribution in [0.15, 0.2) is 18.2 Å². The summed E-state index contributed by atoms with van der Waals surface area (Å²) < 4.78 is 28.1. The van der Waals surface area contributed by atoms with Gasteiger partial charge in [0.1, 0.15) is 15.6 Å². The highest BCUT2D eigenvalue weighted by Crippen LogP contribution is 2.21. The summed E-state index contributed by atoms with van der Waals surface area (Å²) in [5.41, 5.74) is 0.967. The molecule has 1 fully saturated rings. The third-order valence-electron chi connectivity index (χ3n) is 4.44. The average Bonchev–Trinajstić information content (AvgIpc) is 2.59. The summed E-state index contributed by atoms with van der Waals surface area (Å²) in [4.78, 5) is 16.2. The van der Waals surface area contributed by atoms with Gasteiger partial charge in [0.15, 0.2) is 0 Å². The fourth-order valence-corrected chi connectivity index (χ4v) is 3.50. The zero-order valence-electron chi connectivity index (χ0n) is 15.4. The summed E-state index contributed by atoms with van der Waals surface area (Å²) in [7, 11) is -2.94. The predicted molar refractivity (Wildman–Crippen MR) is 104 cm³/mol. The van der Waals surface area contributed by atoms with E-state index in [-0.39, 0.29) is 11.7 Å². The van der Waals surface area contributed by atoms with Crippen molar-refractivity contribution in [2.24, 2.45) is 0 Å². The first kappa shape index (κ1) is 21.0. The quantitative estimate of drug-likeness (QED) is 0.622. The Morgan fingerprint density at radius 3 is 2.54 bits per heavy atom. The Morgan fingerprint density at radius 1 is 1.23 bits per heavy atom. The number of aryl methyl sites for hydroxylation is 1. The normalized spacial score (nSPS) is 15.9. The van der Waals surface area contributed by atoms with Crippen LogP contribution in [0.2, 0.25) is 5.02 Å². The van der Waals surface area contributed by atoms with E-state index in [0.29, 0.717) is 44.1 Å². The van der Waals surface area contributed by atoms with E-state index in [9.17, 15) is 13.2 Å². The molecule has 0 bridgehead atoms. The number of benzene rings is 1. The lowest BCUT2D eigenvalue weighted by Crippen LogP contribution is -2.49. The zero-order valence-corrected chi connectivity index (χ0v) is 17.0. The van der Waals surface area contributed by atoms with Gasteiger partial charge in [-0.2, -0.15) is 0 Å². The number of ether oxygens (including phenoxy) is 1. The molecular formula is C18H27ClN2O4S. The van der Waals surface area contributed by atoms with Crippen LogP contribution in [0.4, 0.5) is 0 Å². The number of nitrogens with zero attached hydrogens (tertiary/aromatic N) is 2. The minimum atomic E-state index is -2.94. The lowest BCUT2D eigenvalue weighted by Gasteiger charge is -2.34. The van der Waals surface area contributed by atoms with Crippen molar-refractivity contribution in [3.8, 4) is 5.75 Å². The van der Waals surface area contributed by atoms with E-state index in [0.717, 1.165) is 24.4 Å². The van der Waals surface area contributed by atoms with E-state index in [2.05, 4.69) is 4.90 Å². The lowest BCUT2D eigenvalue weighted by molar-refractivity contribution is -0.133. The SMILES string of the molecule is Cc1cc(OCCCC(=O)N2CCN(CCS(C)(=O)=O)CC2)ccc1Cl. The highest BCUT2D eigenvalue weighted by molar-refractivity contribution is 7.90. The average molecular weight is 403 g/mol. The summed E-state index contributed by atoms with van der Waals surface area (Å²) in [6.07, 6.45) is 2.37. The van der Waals surface area contributed by atoms with Gasteiger partial charge in [0.25, 0.3) is 0 Å². The molecule has 1 aliphatic heterocycles. The van der Waals surface area contributed by atoms with Crippen LogP contribution in [0.3, 0.4) is 0 Å². The van der Waals surface area contributed by atoms with Crippen LogP contribution >= 0.6 is 11.6 Å². The van der Waals surface area contributed by atoms with Crippen molar-refractivity contribution >= 4 is 27.3 Å². The molecule has 0 aliphatic carbocycles. The molecule has 2 rings (SSSR count). The van der Waals surface area contributed by atoms with E-state index in [1.54, 1.807) is 6.07 Å². The Hall–Kier alpha value is -1.31. The molecule has 0 aromatic heterocycles. The molecule has 26 heavy (non-hydrogen) atoms. The molecule has 6 nitrogen and oxygen atoms in total. The molecule has 8 heteroatoms. The van der Waals surface area contributed by atoms with E-state index in [1.807, 2.05) is 24.0 Å². The molecule has 0 N–H and O–H groups in total. The molecule has 0 unspecified atom stereocenters. The first-order valence-electron chi connectivity index (χ1n) is 8.81. The Kier molecular flexibility index (Phi) is 7.73. The van der Waals surface area contributed by atoms with Gasteiger partial charge in [-0.3, -0.25) is 9.69 Å². The number of rotatable bonds is 8. The topological polar surface area (TPSA) is 66.9 Å².